The fraction of sp³-hybridized carbons (Fsp3) is 0.483. The van der Waals surface area contributed by atoms with Crippen LogP contribution in [0.2, 0.25) is 0 Å². The lowest BCUT2D eigenvalue weighted by Gasteiger charge is -2.35. The van der Waals surface area contributed by atoms with Crippen molar-refractivity contribution in [2.75, 3.05) is 19.6 Å². The summed E-state index contributed by atoms with van der Waals surface area (Å²) in [6, 6.07) is 9.37. The Kier molecular flexibility index (Phi) is 6.34. The van der Waals surface area contributed by atoms with E-state index in [1.54, 1.807) is 21.6 Å². The molecule has 1 aliphatic carbocycles. The van der Waals surface area contributed by atoms with Gasteiger partial charge in [0.15, 0.2) is 0 Å². The molecule has 1 saturated carbocycles. The lowest BCUT2D eigenvalue weighted by atomic mass is 9.86. The highest BCUT2D eigenvalue weighted by Gasteiger charge is 2.28. The van der Waals surface area contributed by atoms with Gasteiger partial charge in [-0.2, -0.15) is 10.2 Å². The van der Waals surface area contributed by atoms with Crippen molar-refractivity contribution in [2.24, 2.45) is 13.0 Å². The van der Waals surface area contributed by atoms with Crippen LogP contribution in [0.1, 0.15) is 56.6 Å². The Hall–Kier alpha value is -3.06. The molecular weight excluding hydrogens is 453 g/mol. The molecule has 1 saturated heterocycles. The fourth-order valence-corrected chi connectivity index (χ4v) is 6.48. The standard InChI is InChI=1S/C29H34FN5O/c1-33-27-17-24(25(30)16-22(27)18-31-33)23-8-5-9-26-28(23)29(32-35(26)14-15-36)21-10-12-34(13-11-21)19-20-6-3-2-4-7-20/h5,8-9,15-18,20-21H,2-4,6-7,10-14,19H2,1H3. The van der Waals surface area contributed by atoms with Crippen LogP contribution in [0.3, 0.4) is 0 Å². The van der Waals surface area contributed by atoms with E-state index in [0.717, 1.165) is 71.2 Å². The van der Waals surface area contributed by atoms with Crippen LogP contribution in [0, 0.1) is 11.7 Å². The molecule has 0 N–H and O–H groups in total. The van der Waals surface area contributed by atoms with Gasteiger partial charge in [-0.1, -0.05) is 31.4 Å². The molecule has 0 amide bonds. The zero-order chi connectivity index (χ0) is 24.6. The molecule has 7 heteroatoms. The summed E-state index contributed by atoms with van der Waals surface area (Å²) < 4.78 is 19.0. The van der Waals surface area contributed by atoms with Gasteiger partial charge < -0.3 is 9.69 Å². The number of fused-ring (bicyclic) bond motifs is 2. The van der Waals surface area contributed by atoms with Gasteiger partial charge in [0, 0.05) is 35.8 Å². The molecule has 2 aromatic carbocycles. The normalized spacial score (nSPS) is 18.4. The van der Waals surface area contributed by atoms with Gasteiger partial charge in [0.1, 0.15) is 12.1 Å². The largest absolute Gasteiger partial charge is 0.303 e. The van der Waals surface area contributed by atoms with Crippen LogP contribution < -0.4 is 0 Å². The highest BCUT2D eigenvalue weighted by molar-refractivity contribution is 5.99. The molecule has 2 aromatic heterocycles. The molecular formula is C29H34FN5O. The maximum absolute atomic E-state index is 15.4. The maximum atomic E-state index is 15.4. The molecule has 2 aliphatic rings. The van der Waals surface area contributed by atoms with Crippen molar-refractivity contribution in [3.8, 4) is 11.1 Å². The van der Waals surface area contributed by atoms with E-state index in [1.165, 1.54) is 38.6 Å². The van der Waals surface area contributed by atoms with Gasteiger partial charge in [-0.05, 0) is 68.5 Å². The van der Waals surface area contributed by atoms with Crippen molar-refractivity contribution >= 4 is 28.1 Å². The van der Waals surface area contributed by atoms with Crippen molar-refractivity contribution in [2.45, 2.75) is 57.4 Å². The SMILES string of the molecule is Cn1ncc2cc(F)c(-c3cccc4c3c(C3CCN(CC5CCCCC5)CC3)nn4CC=O)cc21. The zero-order valence-electron chi connectivity index (χ0n) is 21.0. The van der Waals surface area contributed by atoms with E-state index in [-0.39, 0.29) is 12.4 Å². The Bertz CT molecular complexity index is 1390. The van der Waals surface area contributed by atoms with Crippen LogP contribution in [0.15, 0.2) is 36.5 Å². The Balaban J connectivity index is 1.36. The predicted molar refractivity (Wildman–Crippen MR) is 140 cm³/mol. The van der Waals surface area contributed by atoms with E-state index in [9.17, 15) is 4.79 Å². The second-order valence-corrected chi connectivity index (χ2v) is 10.7. The third kappa shape index (κ3) is 4.23. The average Bonchev–Trinajstić information content (AvgIpc) is 3.45. The first-order valence-electron chi connectivity index (χ1n) is 13.4. The molecule has 0 radical (unpaired) electrons. The number of carbonyl (C=O) groups is 1. The first-order chi connectivity index (χ1) is 17.6. The second-order valence-electron chi connectivity index (χ2n) is 10.7. The quantitative estimate of drug-likeness (QED) is 0.328. The lowest BCUT2D eigenvalue weighted by Crippen LogP contribution is -2.37. The summed E-state index contributed by atoms with van der Waals surface area (Å²) >= 11 is 0. The summed E-state index contributed by atoms with van der Waals surface area (Å²) in [4.78, 5) is 14.1. The van der Waals surface area contributed by atoms with Gasteiger partial charge in [0.05, 0.1) is 29.5 Å². The summed E-state index contributed by atoms with van der Waals surface area (Å²) in [5.41, 5.74) is 4.18. The van der Waals surface area contributed by atoms with Crippen LogP contribution in [0.5, 0.6) is 0 Å². The lowest BCUT2D eigenvalue weighted by molar-refractivity contribution is -0.108. The predicted octanol–water partition coefficient (Wildman–Crippen LogP) is 5.69. The highest BCUT2D eigenvalue weighted by atomic mass is 19.1. The molecule has 3 heterocycles. The van der Waals surface area contributed by atoms with Gasteiger partial charge in [-0.15, -0.1) is 0 Å². The van der Waals surface area contributed by atoms with Gasteiger partial charge in [0.2, 0.25) is 0 Å². The van der Waals surface area contributed by atoms with E-state index >= 15 is 4.39 Å². The number of rotatable bonds is 6. The van der Waals surface area contributed by atoms with Crippen molar-refractivity contribution in [3.63, 3.8) is 0 Å². The third-order valence-corrected chi connectivity index (χ3v) is 8.39. The second kappa shape index (κ2) is 9.77. The van der Waals surface area contributed by atoms with Gasteiger partial charge in [0.25, 0.3) is 0 Å². The molecule has 6 nitrogen and oxygen atoms in total. The number of nitrogens with zero attached hydrogens (tertiary/aromatic N) is 5. The number of aromatic nitrogens is 4. The minimum Gasteiger partial charge on any atom is -0.303 e. The topological polar surface area (TPSA) is 56.0 Å². The number of aldehydes is 1. The first-order valence-corrected chi connectivity index (χ1v) is 13.4. The smallest absolute Gasteiger partial charge is 0.141 e. The zero-order valence-corrected chi connectivity index (χ0v) is 21.0. The van der Waals surface area contributed by atoms with Crippen LogP contribution in [0.4, 0.5) is 4.39 Å². The minimum atomic E-state index is -0.264. The molecule has 2 fully saturated rings. The van der Waals surface area contributed by atoms with Gasteiger partial charge in [-0.25, -0.2) is 4.39 Å². The van der Waals surface area contributed by atoms with E-state index in [0.29, 0.717) is 11.5 Å². The van der Waals surface area contributed by atoms with E-state index in [1.807, 2.05) is 31.3 Å². The summed E-state index contributed by atoms with van der Waals surface area (Å²) in [6.07, 6.45) is 11.6. The molecule has 6 rings (SSSR count). The molecule has 0 bridgehead atoms. The Labute approximate surface area is 211 Å². The number of aryl methyl sites for hydroxylation is 1. The van der Waals surface area contributed by atoms with Gasteiger partial charge >= 0.3 is 0 Å². The van der Waals surface area contributed by atoms with Crippen LogP contribution >= 0.6 is 0 Å². The first kappa shape index (κ1) is 23.3. The number of benzene rings is 2. The van der Waals surface area contributed by atoms with Crippen LogP contribution in [-0.2, 0) is 18.4 Å². The molecule has 1 aliphatic heterocycles. The van der Waals surface area contributed by atoms with Gasteiger partial charge in [-0.3, -0.25) is 9.36 Å². The Morgan fingerprint density at radius 1 is 1.03 bits per heavy atom. The average molecular weight is 488 g/mol. The van der Waals surface area contributed by atoms with Crippen LogP contribution in [0.25, 0.3) is 32.9 Å². The number of carbonyl (C=O) groups excluding carboxylic acids is 1. The molecule has 4 aromatic rings. The molecule has 0 spiro atoms. The molecule has 0 unspecified atom stereocenters. The fourth-order valence-electron chi connectivity index (χ4n) is 6.48. The van der Waals surface area contributed by atoms with E-state index in [4.69, 9.17) is 5.10 Å². The minimum absolute atomic E-state index is 0.198. The van der Waals surface area contributed by atoms with Crippen molar-refractivity contribution in [1.82, 2.24) is 24.5 Å². The summed E-state index contributed by atoms with van der Waals surface area (Å²) in [6.45, 7) is 3.55. The summed E-state index contributed by atoms with van der Waals surface area (Å²) in [7, 11) is 1.87. The van der Waals surface area contributed by atoms with Crippen molar-refractivity contribution in [1.29, 1.82) is 0 Å². The summed E-state index contributed by atoms with van der Waals surface area (Å²) in [5.74, 6) is 0.881. The molecule has 0 atom stereocenters. The van der Waals surface area contributed by atoms with Crippen molar-refractivity contribution < 1.29 is 9.18 Å². The number of piperidine rings is 1. The monoisotopic (exact) mass is 487 g/mol. The van der Waals surface area contributed by atoms with E-state index in [2.05, 4.69) is 10.00 Å². The van der Waals surface area contributed by atoms with E-state index < -0.39 is 0 Å². The summed E-state index contributed by atoms with van der Waals surface area (Å²) in [5, 5.41) is 11.0. The Morgan fingerprint density at radius 2 is 1.83 bits per heavy atom. The number of hydrogen-bond donors (Lipinski definition) is 0. The number of hydrogen-bond acceptors (Lipinski definition) is 4. The molecule has 188 valence electrons. The van der Waals surface area contributed by atoms with Crippen LogP contribution in [-0.4, -0.2) is 50.4 Å². The maximum Gasteiger partial charge on any atom is 0.141 e. The Morgan fingerprint density at radius 3 is 2.61 bits per heavy atom. The highest BCUT2D eigenvalue weighted by Crippen LogP contribution is 2.40. The number of halogens is 1. The molecule has 36 heavy (non-hydrogen) atoms. The third-order valence-electron chi connectivity index (χ3n) is 8.39. The number of likely N-dealkylation sites (tertiary alicyclic amines) is 1. The van der Waals surface area contributed by atoms with Crippen molar-refractivity contribution in [3.05, 3.63) is 48.0 Å².